The maximum absolute atomic E-state index is 10.5. The third-order valence-electron chi connectivity index (χ3n) is 6.04. The van der Waals surface area contributed by atoms with Crippen LogP contribution in [0.5, 0.6) is 5.75 Å². The number of fused-ring (bicyclic) bond motifs is 5. The molecule has 4 heterocycles. The summed E-state index contributed by atoms with van der Waals surface area (Å²) in [6.07, 6.45) is 4.29. The average molecular weight is 377 g/mol. The van der Waals surface area contributed by atoms with Gasteiger partial charge >= 0.3 is 0 Å². The van der Waals surface area contributed by atoms with Crippen LogP contribution < -0.4 is 5.32 Å². The van der Waals surface area contributed by atoms with Crippen LogP contribution in [-0.4, -0.2) is 46.4 Å². The number of aromatic nitrogens is 2. The molecule has 1 aromatic heterocycles. The van der Waals surface area contributed by atoms with E-state index in [1.54, 1.807) is 12.1 Å². The van der Waals surface area contributed by atoms with Crippen molar-refractivity contribution in [2.24, 2.45) is 0 Å². The Kier molecular flexibility index (Phi) is 4.18. The molecule has 0 saturated carbocycles. The predicted molar refractivity (Wildman–Crippen MR) is 105 cm³/mol. The van der Waals surface area contributed by atoms with E-state index in [0.29, 0.717) is 23.0 Å². The first-order chi connectivity index (χ1) is 13.6. The second kappa shape index (κ2) is 6.73. The van der Waals surface area contributed by atoms with Crippen LogP contribution in [0.25, 0.3) is 16.1 Å². The van der Waals surface area contributed by atoms with Gasteiger partial charge in [0.25, 0.3) is 0 Å². The number of hydrogen-bond acceptors (Lipinski definition) is 6. The molecular weight excluding hydrogens is 354 g/mol. The highest BCUT2D eigenvalue weighted by Gasteiger charge is 2.43. The summed E-state index contributed by atoms with van der Waals surface area (Å²) >= 11 is 0. The Morgan fingerprint density at radius 2 is 2.04 bits per heavy atom. The van der Waals surface area contributed by atoms with E-state index in [9.17, 15) is 5.11 Å². The van der Waals surface area contributed by atoms with E-state index in [1.807, 2.05) is 0 Å². The monoisotopic (exact) mass is 377 g/mol. The Balaban J connectivity index is 1.56. The number of nitrogens with zero attached hydrogens (tertiary/aromatic N) is 4. The van der Waals surface area contributed by atoms with Gasteiger partial charge in [0, 0.05) is 29.3 Å². The number of anilines is 1. The molecule has 2 fully saturated rings. The molecule has 7 nitrogen and oxygen atoms in total. The maximum atomic E-state index is 10.5. The third kappa shape index (κ3) is 2.81. The van der Waals surface area contributed by atoms with Crippen molar-refractivity contribution in [2.75, 3.05) is 25.5 Å². The van der Waals surface area contributed by atoms with E-state index in [1.165, 1.54) is 12.5 Å². The van der Waals surface area contributed by atoms with Gasteiger partial charge in [0.05, 0.1) is 18.8 Å². The molecule has 0 radical (unpaired) electrons. The number of rotatable bonds is 3. The minimum Gasteiger partial charge on any atom is -0.509 e. The molecule has 28 heavy (non-hydrogen) atoms. The topological polar surface area (TPSA) is 74.9 Å². The van der Waals surface area contributed by atoms with E-state index < -0.39 is 0 Å². The first-order valence-corrected chi connectivity index (χ1v) is 9.86. The molecule has 2 aromatic rings. The molecular formula is C21H23N5O2. The van der Waals surface area contributed by atoms with Crippen LogP contribution in [0.3, 0.4) is 0 Å². The molecule has 3 atom stereocenters. The van der Waals surface area contributed by atoms with Gasteiger partial charge in [0.1, 0.15) is 11.4 Å². The van der Waals surface area contributed by atoms with E-state index in [0.717, 1.165) is 49.3 Å². The van der Waals surface area contributed by atoms with Gasteiger partial charge in [-0.1, -0.05) is 12.1 Å². The lowest BCUT2D eigenvalue weighted by Gasteiger charge is -2.31. The largest absolute Gasteiger partial charge is 0.509 e. The molecule has 0 spiro atoms. The molecule has 3 aliphatic rings. The first kappa shape index (κ1) is 17.4. The molecule has 0 aliphatic carbocycles. The van der Waals surface area contributed by atoms with Crippen LogP contribution in [-0.2, 0) is 4.74 Å². The van der Waals surface area contributed by atoms with Crippen molar-refractivity contribution in [3.05, 3.63) is 40.7 Å². The number of likely N-dealkylation sites (tertiary alicyclic amines) is 1. The summed E-state index contributed by atoms with van der Waals surface area (Å²) in [4.78, 5) is 5.71. The zero-order chi connectivity index (χ0) is 19.3. The normalized spacial score (nSPS) is 26.1. The number of piperidine rings is 1. The molecule has 0 amide bonds. The minimum absolute atomic E-state index is 0.0000172. The summed E-state index contributed by atoms with van der Waals surface area (Å²) in [5, 5.41) is 23.1. The summed E-state index contributed by atoms with van der Waals surface area (Å²) in [6, 6.07) is 5.29. The Bertz CT molecular complexity index is 970. The quantitative estimate of drug-likeness (QED) is 0.793. The van der Waals surface area contributed by atoms with Crippen molar-refractivity contribution in [1.82, 2.24) is 15.1 Å². The maximum Gasteiger partial charge on any atom is 0.190 e. The Labute approximate surface area is 164 Å². The highest BCUT2D eigenvalue weighted by Crippen LogP contribution is 2.55. The minimum atomic E-state index is 0.0000172. The second-order valence-corrected chi connectivity index (χ2v) is 7.97. The molecule has 2 unspecified atom stereocenters. The number of ether oxygens (including phenoxy) is 1. The molecule has 5 rings (SSSR count). The van der Waals surface area contributed by atoms with Crippen LogP contribution in [0.15, 0.2) is 18.2 Å². The van der Waals surface area contributed by atoms with Gasteiger partial charge in [-0.3, -0.25) is 0 Å². The van der Waals surface area contributed by atoms with Crippen molar-refractivity contribution in [1.29, 1.82) is 0 Å². The van der Waals surface area contributed by atoms with Crippen molar-refractivity contribution in [2.45, 2.75) is 43.9 Å². The lowest BCUT2D eigenvalue weighted by atomic mass is 9.88. The zero-order valence-electron chi connectivity index (χ0n) is 15.9. The fraction of sp³-hybridized carbons (Fsp3) is 0.476. The van der Waals surface area contributed by atoms with Gasteiger partial charge < -0.3 is 20.1 Å². The number of phenolic OH excluding ortho intramolecular Hbond substituents is 1. The lowest BCUT2D eigenvalue weighted by Crippen LogP contribution is -2.40. The molecule has 144 valence electrons. The van der Waals surface area contributed by atoms with E-state index in [4.69, 9.17) is 11.3 Å². The number of phenols is 1. The van der Waals surface area contributed by atoms with E-state index in [-0.39, 0.29) is 18.0 Å². The Morgan fingerprint density at radius 1 is 1.21 bits per heavy atom. The Hall–Kier alpha value is -2.69. The number of likely N-dealkylation sites (N-methyl/N-ethyl adjacent to an activating group) is 1. The smallest absolute Gasteiger partial charge is 0.190 e. The highest BCUT2D eigenvalue weighted by molar-refractivity contribution is 5.76. The van der Waals surface area contributed by atoms with Crippen LogP contribution in [0.2, 0.25) is 0 Å². The van der Waals surface area contributed by atoms with Gasteiger partial charge in [-0.2, -0.15) is 0 Å². The average Bonchev–Trinajstić information content (AvgIpc) is 3.31. The van der Waals surface area contributed by atoms with Crippen molar-refractivity contribution >= 4 is 11.5 Å². The van der Waals surface area contributed by atoms with Crippen LogP contribution >= 0.6 is 0 Å². The fourth-order valence-electron chi connectivity index (χ4n) is 4.75. The SMILES string of the molecule is [C-]#[N+]c1ccc(-c2nnc(N[C@@H]3CCCN(C)C3)c3c2C2CCC3O2)c(O)c1. The highest BCUT2D eigenvalue weighted by atomic mass is 16.5. The van der Waals surface area contributed by atoms with Gasteiger partial charge in [-0.25, -0.2) is 4.85 Å². The molecule has 2 bridgehead atoms. The van der Waals surface area contributed by atoms with Gasteiger partial charge in [0.15, 0.2) is 11.5 Å². The summed E-state index contributed by atoms with van der Waals surface area (Å²) in [7, 11) is 2.15. The fourth-order valence-corrected chi connectivity index (χ4v) is 4.75. The van der Waals surface area contributed by atoms with Gasteiger partial charge in [0.2, 0.25) is 0 Å². The van der Waals surface area contributed by atoms with Crippen molar-refractivity contribution < 1.29 is 9.84 Å². The predicted octanol–water partition coefficient (Wildman–Crippen LogP) is 3.81. The summed E-state index contributed by atoms with van der Waals surface area (Å²) in [6.45, 7) is 9.25. The van der Waals surface area contributed by atoms with E-state index in [2.05, 4.69) is 32.3 Å². The molecule has 2 saturated heterocycles. The number of nitrogens with one attached hydrogen (secondary N) is 1. The van der Waals surface area contributed by atoms with Crippen molar-refractivity contribution in [3.63, 3.8) is 0 Å². The molecule has 1 aromatic carbocycles. The van der Waals surface area contributed by atoms with Gasteiger partial charge in [-0.05, 0) is 45.3 Å². The molecule has 2 N–H and O–H groups in total. The molecule has 7 heteroatoms. The number of aromatic hydroxyl groups is 1. The number of hydrogen-bond donors (Lipinski definition) is 2. The summed E-state index contributed by atoms with van der Waals surface area (Å²) in [5.41, 5.74) is 3.83. The Morgan fingerprint density at radius 3 is 2.79 bits per heavy atom. The summed E-state index contributed by atoms with van der Waals surface area (Å²) < 4.78 is 6.18. The van der Waals surface area contributed by atoms with Crippen LogP contribution in [0.4, 0.5) is 11.5 Å². The van der Waals surface area contributed by atoms with Crippen LogP contribution in [0, 0.1) is 6.57 Å². The summed E-state index contributed by atoms with van der Waals surface area (Å²) in [5.74, 6) is 0.880. The lowest BCUT2D eigenvalue weighted by molar-refractivity contribution is 0.0719. The standard InChI is InChI=1S/C21H23N5O2/c1-22-12-5-6-14(15(27)10-12)20-18-16-7-8-17(28-16)19(18)21(25-24-20)23-13-4-3-9-26(2)11-13/h5-6,10,13,16-17,27H,3-4,7-9,11H2,2H3,(H,23,25)/t13-,16?,17?/m1/s1. The first-order valence-electron chi connectivity index (χ1n) is 9.86. The van der Waals surface area contributed by atoms with Gasteiger partial charge in [-0.15, -0.1) is 10.2 Å². The third-order valence-corrected chi connectivity index (χ3v) is 6.04. The number of benzene rings is 1. The van der Waals surface area contributed by atoms with E-state index >= 15 is 0 Å². The van der Waals surface area contributed by atoms with Crippen LogP contribution in [0.1, 0.15) is 49.0 Å². The van der Waals surface area contributed by atoms with Crippen molar-refractivity contribution in [3.8, 4) is 17.0 Å². The molecule has 3 aliphatic heterocycles. The zero-order valence-corrected chi connectivity index (χ0v) is 15.9. The second-order valence-electron chi connectivity index (χ2n) is 7.97.